The van der Waals surface area contributed by atoms with Gasteiger partial charge in [0.05, 0.1) is 0 Å². The van der Waals surface area contributed by atoms with Gasteiger partial charge in [0.1, 0.15) is 0 Å². The van der Waals surface area contributed by atoms with Crippen LogP contribution in [0, 0.1) is 0 Å². The monoisotopic (exact) mass is 634 g/mol. The summed E-state index contributed by atoms with van der Waals surface area (Å²) >= 11 is 0. The summed E-state index contributed by atoms with van der Waals surface area (Å²) in [6, 6.07) is 17.6. The van der Waals surface area contributed by atoms with Gasteiger partial charge < -0.3 is 30.3 Å². The van der Waals surface area contributed by atoms with Crippen LogP contribution >= 0.6 is 15.8 Å². The van der Waals surface area contributed by atoms with Crippen LogP contribution in [-0.2, 0) is 21.7 Å². The summed E-state index contributed by atoms with van der Waals surface area (Å²) in [6.07, 6.45) is 34.7. The zero-order valence-electron chi connectivity index (χ0n) is 28.0. The van der Waals surface area contributed by atoms with Gasteiger partial charge in [-0.25, -0.2) is 12.1 Å². The van der Waals surface area contributed by atoms with Gasteiger partial charge in [0.2, 0.25) is 0 Å². The van der Waals surface area contributed by atoms with Crippen LogP contribution in [0.15, 0.2) is 48.5 Å². The minimum atomic E-state index is 0. The summed E-state index contributed by atoms with van der Waals surface area (Å²) in [5, 5.41) is 3.72. The fourth-order valence-corrected chi connectivity index (χ4v) is 11.7. The summed E-state index contributed by atoms with van der Waals surface area (Å²) in [4.78, 5) is 0. The van der Waals surface area contributed by atoms with Crippen molar-refractivity contribution in [2.45, 2.75) is 156 Å². The number of rotatable bonds is 26. The van der Waals surface area contributed by atoms with Gasteiger partial charge in [-0.15, -0.1) is 26.5 Å². The molecule has 2 rings (SSSR count). The van der Waals surface area contributed by atoms with Crippen molar-refractivity contribution in [2.24, 2.45) is 0 Å². The first kappa shape index (κ1) is 41.3. The van der Waals surface area contributed by atoms with E-state index in [0.29, 0.717) is 0 Å². The molecule has 0 amide bonds. The average molecular weight is 635 g/mol. The van der Waals surface area contributed by atoms with Crippen LogP contribution in [0.25, 0.3) is 0 Å². The number of hydrogen-bond donors (Lipinski definition) is 0. The molecule has 0 unspecified atom stereocenters. The molecule has 41 heavy (non-hydrogen) atoms. The Labute approximate surface area is 276 Å². The first-order chi connectivity index (χ1) is 19.8. The number of unbranched alkanes of at least 4 members (excludes halogenated alkanes) is 16. The SMILES string of the molecule is CCCCCCCP(CCCCCCC)c1ccc[c-]1P(CCCCCCC)CCCCCCC.[Ti].[cH-]1[cH-][cH-][cH-][cH-]1. The Hall–Kier alpha value is 0.274. The van der Waals surface area contributed by atoms with E-state index in [1.54, 1.807) is 0 Å². The van der Waals surface area contributed by atoms with E-state index in [1.807, 2.05) is 40.9 Å². The van der Waals surface area contributed by atoms with Crippen LogP contribution < -0.4 is 10.6 Å². The van der Waals surface area contributed by atoms with Gasteiger partial charge in [-0.05, 0) is 50.3 Å². The predicted octanol–water partition coefficient (Wildman–Crippen LogP) is 12.9. The van der Waals surface area contributed by atoms with Crippen molar-refractivity contribution in [3.63, 3.8) is 0 Å². The summed E-state index contributed by atoms with van der Waals surface area (Å²) in [7, 11) is 0.108. The maximum atomic E-state index is 2.59. The average Bonchev–Trinajstić information content (AvgIpc) is 3.71. The van der Waals surface area contributed by atoms with Crippen LogP contribution in [0.2, 0.25) is 0 Å². The molecule has 0 aliphatic rings. The summed E-state index contributed by atoms with van der Waals surface area (Å²) in [5.74, 6) is 0. The maximum absolute atomic E-state index is 2.59. The van der Waals surface area contributed by atoms with Crippen LogP contribution in [0.4, 0.5) is 0 Å². The minimum Gasteiger partial charge on any atom is -0.748 e. The largest absolute Gasteiger partial charge is 0.748 e. The fraction of sp³-hybridized carbons (Fsp3) is 0.737. The van der Waals surface area contributed by atoms with Crippen molar-refractivity contribution >= 4 is 26.5 Å². The third kappa shape index (κ3) is 22.4. The third-order valence-electron chi connectivity index (χ3n) is 8.13. The quantitative estimate of drug-likeness (QED) is 0.0418. The van der Waals surface area contributed by atoms with Gasteiger partial charge in [-0.2, -0.15) is 6.07 Å². The van der Waals surface area contributed by atoms with Crippen LogP contribution in [0.5, 0.6) is 0 Å². The summed E-state index contributed by atoms with van der Waals surface area (Å²) < 4.78 is 0. The molecule has 0 saturated carbocycles. The molecule has 0 saturated heterocycles. The van der Waals surface area contributed by atoms with Crippen LogP contribution in [0.1, 0.15) is 156 Å². The first-order valence-corrected chi connectivity index (χ1v) is 21.1. The van der Waals surface area contributed by atoms with Gasteiger partial charge in [-0.3, -0.25) is 0 Å². The molecule has 0 radical (unpaired) electrons. The van der Waals surface area contributed by atoms with Crippen molar-refractivity contribution in [1.82, 2.24) is 0 Å². The van der Waals surface area contributed by atoms with Gasteiger partial charge in [-0.1, -0.05) is 130 Å². The molecule has 3 heteroatoms. The Morgan fingerprint density at radius 3 is 1.20 bits per heavy atom. The molecule has 0 aliphatic heterocycles. The van der Waals surface area contributed by atoms with Crippen molar-refractivity contribution in [2.75, 3.05) is 24.6 Å². The van der Waals surface area contributed by atoms with E-state index in [2.05, 4.69) is 45.9 Å². The molecule has 0 N–H and O–H groups in total. The minimum absolute atomic E-state index is 0. The second-order valence-electron chi connectivity index (χ2n) is 11.9. The van der Waals surface area contributed by atoms with Crippen molar-refractivity contribution in [3.05, 3.63) is 48.5 Å². The Balaban J connectivity index is 0.00000239. The van der Waals surface area contributed by atoms with Crippen LogP contribution in [-0.4, -0.2) is 24.6 Å². The summed E-state index contributed by atoms with van der Waals surface area (Å²) in [6.45, 7) is 9.36. The molecule has 2 aromatic rings. The van der Waals surface area contributed by atoms with E-state index in [9.17, 15) is 0 Å². The van der Waals surface area contributed by atoms with E-state index >= 15 is 0 Å². The number of hydrogen-bond acceptors (Lipinski definition) is 0. The predicted molar refractivity (Wildman–Crippen MR) is 192 cm³/mol. The molecule has 2 aromatic carbocycles. The van der Waals surface area contributed by atoms with E-state index < -0.39 is 0 Å². The van der Waals surface area contributed by atoms with Gasteiger partial charge in [0.25, 0.3) is 0 Å². The van der Waals surface area contributed by atoms with E-state index in [4.69, 9.17) is 0 Å². The van der Waals surface area contributed by atoms with E-state index in [0.717, 1.165) is 0 Å². The van der Waals surface area contributed by atoms with E-state index in [-0.39, 0.29) is 37.6 Å². The fourth-order valence-electron chi connectivity index (χ4n) is 5.59. The Morgan fingerprint density at radius 2 is 0.829 bits per heavy atom. The van der Waals surface area contributed by atoms with Gasteiger partial charge >= 0.3 is 0 Å². The third-order valence-corrected chi connectivity index (χ3v) is 13.9. The Bertz CT molecular complexity index is 631. The molecule has 0 aromatic heterocycles. The molecule has 0 nitrogen and oxygen atoms in total. The molecule has 0 aliphatic carbocycles. The second-order valence-corrected chi connectivity index (χ2v) is 16.8. The first-order valence-electron chi connectivity index (χ1n) is 17.7. The van der Waals surface area contributed by atoms with Gasteiger partial charge in [0.15, 0.2) is 0 Å². The molecule has 0 heterocycles. The molecule has 240 valence electrons. The second kappa shape index (κ2) is 31.7. The standard InChI is InChI=1S/C33H63P2.C5H5.Ti/c1-5-9-13-17-21-28-34(29-22-18-14-10-6-2)32-26-25-27-33(32)35(30-23-19-15-11-7-3)31-24-20-16-12-8-4;1-2-4-5-3-1;/h25-27H,5-24,28-31H2,1-4H3;1-5H;/q-1;-5;. The zero-order chi connectivity index (χ0) is 28.9. The topological polar surface area (TPSA) is 0 Å². The smallest absolute Gasteiger partial charge is 0 e. The van der Waals surface area contributed by atoms with Crippen molar-refractivity contribution in [1.29, 1.82) is 0 Å². The van der Waals surface area contributed by atoms with Gasteiger partial charge in [0, 0.05) is 21.7 Å². The molecule has 0 fully saturated rings. The Kier molecular flexibility index (Phi) is 31.9. The zero-order valence-corrected chi connectivity index (χ0v) is 31.3. The molecule has 0 spiro atoms. The molecular formula is C38H68P2Ti-6. The molecule has 0 bridgehead atoms. The Morgan fingerprint density at radius 1 is 0.488 bits per heavy atom. The van der Waals surface area contributed by atoms with Crippen molar-refractivity contribution < 1.29 is 21.7 Å². The molecular weight excluding hydrogens is 566 g/mol. The summed E-state index contributed by atoms with van der Waals surface area (Å²) in [5.41, 5.74) is 0. The van der Waals surface area contributed by atoms with Crippen LogP contribution in [0.3, 0.4) is 0 Å². The normalized spacial score (nSPS) is 11.1. The van der Waals surface area contributed by atoms with Crippen molar-refractivity contribution in [3.8, 4) is 0 Å². The maximum Gasteiger partial charge on any atom is 0 e. The van der Waals surface area contributed by atoms with E-state index in [1.165, 1.54) is 153 Å². The molecule has 0 atom stereocenters.